The van der Waals surface area contributed by atoms with E-state index in [-0.39, 0.29) is 17.9 Å². The Balaban J connectivity index is 1.83. The smallest absolute Gasteiger partial charge is 0.410 e. The average Bonchev–Trinajstić information content (AvgIpc) is 2.63. The molecule has 2 rings (SSSR count). The zero-order valence-electron chi connectivity index (χ0n) is 18.2. The van der Waals surface area contributed by atoms with Crippen molar-refractivity contribution in [3.63, 3.8) is 0 Å². The predicted octanol–water partition coefficient (Wildman–Crippen LogP) is 3.82. The number of hydrogen-bond acceptors (Lipinski definition) is 5. The van der Waals surface area contributed by atoms with E-state index in [9.17, 15) is 14.4 Å². The summed E-state index contributed by atoms with van der Waals surface area (Å²) in [6.07, 6.45) is -0.288. The summed E-state index contributed by atoms with van der Waals surface area (Å²) in [5.74, 6) is -1.10. The highest BCUT2D eigenvalue weighted by Gasteiger charge is 2.32. The Labute approximate surface area is 172 Å². The number of nitrogens with one attached hydrogen (secondary N) is 1. The molecule has 1 aliphatic rings. The number of anilines is 1. The molecule has 160 valence electrons. The van der Waals surface area contributed by atoms with E-state index in [4.69, 9.17) is 9.47 Å². The van der Waals surface area contributed by atoms with Gasteiger partial charge in [0.2, 0.25) is 0 Å². The lowest BCUT2D eigenvalue weighted by Crippen LogP contribution is -2.43. The molecule has 0 saturated carbocycles. The first-order valence-corrected chi connectivity index (χ1v) is 10.0. The zero-order chi connectivity index (χ0) is 21.8. The van der Waals surface area contributed by atoms with Crippen LogP contribution in [-0.4, -0.2) is 47.7 Å². The largest absolute Gasteiger partial charge is 0.452 e. The minimum Gasteiger partial charge on any atom is -0.452 e. The highest BCUT2D eigenvalue weighted by atomic mass is 16.6. The number of benzene rings is 1. The first-order chi connectivity index (χ1) is 13.5. The van der Waals surface area contributed by atoms with Crippen LogP contribution in [0.25, 0.3) is 0 Å². The van der Waals surface area contributed by atoms with Crippen LogP contribution in [0.1, 0.15) is 51.7 Å². The Kier molecular flexibility index (Phi) is 7.27. The zero-order valence-corrected chi connectivity index (χ0v) is 18.2. The average molecular weight is 405 g/mol. The molecule has 0 spiro atoms. The van der Waals surface area contributed by atoms with Crippen LogP contribution in [-0.2, 0) is 19.1 Å². The maximum absolute atomic E-state index is 12.5. The van der Waals surface area contributed by atoms with Gasteiger partial charge in [0.05, 0.1) is 5.92 Å². The standard InChI is InChI=1S/C22H32N2O5/c1-14-7-8-15(2)18(13-14)23-19(25)16(3)28-20(26)17-9-11-24(12-10-17)21(27)29-22(4,5)6/h7-8,13,16-17H,9-12H2,1-6H3,(H,23,25)/t16-/m1/s1. The van der Waals surface area contributed by atoms with Crippen LogP contribution in [0.15, 0.2) is 18.2 Å². The van der Waals surface area contributed by atoms with Gasteiger partial charge in [-0.1, -0.05) is 12.1 Å². The van der Waals surface area contributed by atoms with Gasteiger partial charge >= 0.3 is 12.1 Å². The summed E-state index contributed by atoms with van der Waals surface area (Å²) in [5.41, 5.74) is 2.14. The number of carbonyl (C=O) groups excluding carboxylic acids is 3. The Morgan fingerprint density at radius 3 is 2.34 bits per heavy atom. The molecule has 7 nitrogen and oxygen atoms in total. The highest BCUT2D eigenvalue weighted by molar-refractivity contribution is 5.95. The number of rotatable bonds is 4. The number of likely N-dealkylation sites (tertiary alicyclic amines) is 1. The van der Waals surface area contributed by atoms with Gasteiger partial charge in [0, 0.05) is 18.8 Å². The van der Waals surface area contributed by atoms with Gasteiger partial charge in [-0.05, 0) is 71.6 Å². The van der Waals surface area contributed by atoms with Gasteiger partial charge in [0.25, 0.3) is 5.91 Å². The van der Waals surface area contributed by atoms with E-state index in [0.717, 1.165) is 11.1 Å². The molecule has 1 atom stereocenters. The first kappa shape index (κ1) is 22.7. The number of nitrogens with zero attached hydrogens (tertiary/aromatic N) is 1. The predicted molar refractivity (Wildman–Crippen MR) is 111 cm³/mol. The van der Waals surface area contributed by atoms with Crippen molar-refractivity contribution in [2.24, 2.45) is 5.92 Å². The summed E-state index contributed by atoms with van der Waals surface area (Å²) < 4.78 is 10.7. The number of ether oxygens (including phenoxy) is 2. The monoisotopic (exact) mass is 404 g/mol. The lowest BCUT2D eigenvalue weighted by Gasteiger charge is -2.32. The number of hydrogen-bond donors (Lipinski definition) is 1. The fourth-order valence-electron chi connectivity index (χ4n) is 3.05. The number of carbonyl (C=O) groups is 3. The molecule has 1 saturated heterocycles. The molecule has 0 unspecified atom stereocenters. The number of esters is 1. The molecule has 1 aromatic carbocycles. The summed E-state index contributed by atoms with van der Waals surface area (Å²) in [5, 5.41) is 2.82. The SMILES string of the molecule is Cc1ccc(C)c(NC(=O)[C@@H](C)OC(=O)C2CCN(C(=O)OC(C)(C)C)CC2)c1. The van der Waals surface area contributed by atoms with Gasteiger partial charge in [0.1, 0.15) is 5.60 Å². The second-order valence-electron chi connectivity index (χ2n) is 8.63. The van der Waals surface area contributed by atoms with E-state index >= 15 is 0 Å². The van der Waals surface area contributed by atoms with Gasteiger partial charge in [-0.15, -0.1) is 0 Å². The molecule has 29 heavy (non-hydrogen) atoms. The number of piperidine rings is 1. The van der Waals surface area contributed by atoms with Crippen LogP contribution in [0.2, 0.25) is 0 Å². The van der Waals surface area contributed by atoms with Gasteiger partial charge in [-0.25, -0.2) is 4.79 Å². The van der Waals surface area contributed by atoms with Gasteiger partial charge in [-0.2, -0.15) is 0 Å². The van der Waals surface area contributed by atoms with Crippen molar-refractivity contribution in [1.82, 2.24) is 4.90 Å². The molecule has 1 aliphatic heterocycles. The maximum Gasteiger partial charge on any atom is 0.410 e. The van der Waals surface area contributed by atoms with Crippen LogP contribution < -0.4 is 5.32 Å². The minimum atomic E-state index is -0.897. The summed E-state index contributed by atoms with van der Waals surface area (Å²) >= 11 is 0. The Hall–Kier alpha value is -2.57. The summed E-state index contributed by atoms with van der Waals surface area (Å²) in [7, 11) is 0. The number of aryl methyl sites for hydroxylation is 2. The molecule has 0 aliphatic carbocycles. The summed E-state index contributed by atoms with van der Waals surface area (Å²) in [6, 6.07) is 5.78. The van der Waals surface area contributed by atoms with E-state index < -0.39 is 17.7 Å². The van der Waals surface area contributed by atoms with Crippen molar-refractivity contribution in [3.8, 4) is 0 Å². The molecular weight excluding hydrogens is 372 g/mol. The lowest BCUT2D eigenvalue weighted by molar-refractivity contribution is -0.158. The van der Waals surface area contributed by atoms with E-state index in [1.54, 1.807) is 11.8 Å². The summed E-state index contributed by atoms with van der Waals surface area (Å²) in [6.45, 7) is 11.7. The lowest BCUT2D eigenvalue weighted by atomic mass is 9.97. The topological polar surface area (TPSA) is 84.9 Å². The normalized spacial score (nSPS) is 16.1. The Morgan fingerprint density at radius 2 is 1.76 bits per heavy atom. The molecule has 1 fully saturated rings. The van der Waals surface area contributed by atoms with Crippen molar-refractivity contribution in [1.29, 1.82) is 0 Å². The van der Waals surface area contributed by atoms with Crippen molar-refractivity contribution in [3.05, 3.63) is 29.3 Å². The molecule has 0 radical (unpaired) electrons. The fraction of sp³-hybridized carbons (Fsp3) is 0.591. The van der Waals surface area contributed by atoms with E-state index in [2.05, 4.69) is 5.32 Å². The molecule has 0 aromatic heterocycles. The van der Waals surface area contributed by atoms with Crippen LogP contribution >= 0.6 is 0 Å². The van der Waals surface area contributed by atoms with E-state index in [1.165, 1.54) is 0 Å². The van der Waals surface area contributed by atoms with Crippen LogP contribution in [0.5, 0.6) is 0 Å². The van der Waals surface area contributed by atoms with Crippen molar-refractivity contribution in [2.75, 3.05) is 18.4 Å². The quantitative estimate of drug-likeness (QED) is 0.771. The van der Waals surface area contributed by atoms with Crippen molar-refractivity contribution >= 4 is 23.7 Å². The second-order valence-corrected chi connectivity index (χ2v) is 8.63. The third kappa shape index (κ3) is 6.76. The van der Waals surface area contributed by atoms with Crippen LogP contribution in [0.3, 0.4) is 0 Å². The molecule has 2 amide bonds. The van der Waals surface area contributed by atoms with Gasteiger partial charge in [0.15, 0.2) is 6.10 Å². The third-order valence-electron chi connectivity index (χ3n) is 4.79. The molecule has 7 heteroatoms. The fourth-order valence-corrected chi connectivity index (χ4v) is 3.05. The molecule has 0 bridgehead atoms. The second kappa shape index (κ2) is 9.29. The van der Waals surface area contributed by atoms with Crippen LogP contribution in [0.4, 0.5) is 10.5 Å². The Bertz CT molecular complexity index is 761. The van der Waals surface area contributed by atoms with Crippen molar-refractivity contribution in [2.45, 2.75) is 66.1 Å². The number of amides is 2. The van der Waals surface area contributed by atoms with E-state index in [0.29, 0.717) is 31.6 Å². The first-order valence-electron chi connectivity index (χ1n) is 10.0. The van der Waals surface area contributed by atoms with Gasteiger partial charge in [-0.3, -0.25) is 9.59 Å². The Morgan fingerprint density at radius 1 is 1.14 bits per heavy atom. The molecule has 1 heterocycles. The van der Waals surface area contributed by atoms with Gasteiger partial charge < -0.3 is 19.7 Å². The maximum atomic E-state index is 12.5. The minimum absolute atomic E-state index is 0.329. The van der Waals surface area contributed by atoms with E-state index in [1.807, 2.05) is 52.8 Å². The third-order valence-corrected chi connectivity index (χ3v) is 4.79. The van der Waals surface area contributed by atoms with Crippen molar-refractivity contribution < 1.29 is 23.9 Å². The molecule has 1 N–H and O–H groups in total. The molecule has 1 aromatic rings. The molecular formula is C22H32N2O5. The summed E-state index contributed by atoms with van der Waals surface area (Å²) in [4.78, 5) is 38.6. The van der Waals surface area contributed by atoms with Crippen LogP contribution in [0, 0.1) is 19.8 Å². The highest BCUT2D eigenvalue weighted by Crippen LogP contribution is 2.22.